The molecule has 0 radical (unpaired) electrons. The van der Waals surface area contributed by atoms with E-state index in [1.165, 1.54) is 12.8 Å². The van der Waals surface area contributed by atoms with E-state index in [4.69, 9.17) is 33.2 Å². The van der Waals surface area contributed by atoms with Crippen molar-refractivity contribution in [2.45, 2.75) is 127 Å². The maximum absolute atomic E-state index is 6.51. The Balaban J connectivity index is 1.31. The van der Waals surface area contributed by atoms with Crippen molar-refractivity contribution in [3.05, 3.63) is 0 Å². The van der Waals surface area contributed by atoms with Crippen molar-refractivity contribution in [2.75, 3.05) is 13.2 Å². The van der Waals surface area contributed by atoms with Crippen molar-refractivity contribution in [1.29, 1.82) is 0 Å². The molecule has 0 aromatic rings. The van der Waals surface area contributed by atoms with Crippen LogP contribution in [0.2, 0.25) is 0 Å². The SMILES string of the molecule is CCOC(C)O[C@H]1[C@@H](C2COC3(CCCCC3)O2)OC2OC3(CCCCC3)O[C@@H]21. The average Bonchev–Trinajstić information content (AvgIpc) is 3.36. The van der Waals surface area contributed by atoms with Gasteiger partial charge in [0.05, 0.1) is 6.61 Å². The van der Waals surface area contributed by atoms with Crippen LogP contribution in [0.25, 0.3) is 0 Å². The fourth-order valence-corrected chi connectivity index (χ4v) is 5.72. The molecule has 0 amide bonds. The lowest BCUT2D eigenvalue weighted by molar-refractivity contribution is -0.273. The van der Waals surface area contributed by atoms with Gasteiger partial charge in [0.25, 0.3) is 0 Å². The molecule has 0 bridgehead atoms. The van der Waals surface area contributed by atoms with Crippen LogP contribution in [0.5, 0.6) is 0 Å². The smallest absolute Gasteiger partial charge is 0.190 e. The van der Waals surface area contributed by atoms with Crippen molar-refractivity contribution >= 4 is 0 Å². The predicted molar refractivity (Wildman–Crippen MR) is 103 cm³/mol. The summed E-state index contributed by atoms with van der Waals surface area (Å²) in [5, 5.41) is 0. The molecule has 0 N–H and O–H groups in total. The largest absolute Gasteiger partial charge is 0.353 e. The van der Waals surface area contributed by atoms with E-state index in [-0.39, 0.29) is 30.7 Å². The summed E-state index contributed by atoms with van der Waals surface area (Å²) < 4.78 is 43.9. The van der Waals surface area contributed by atoms with E-state index in [1.54, 1.807) is 0 Å². The molecule has 0 aromatic heterocycles. The maximum Gasteiger partial charge on any atom is 0.190 e. The second-order valence-electron chi connectivity index (χ2n) is 9.20. The Morgan fingerprint density at radius 1 is 0.862 bits per heavy atom. The van der Waals surface area contributed by atoms with Gasteiger partial charge in [0.2, 0.25) is 0 Å². The number of fused-ring (bicyclic) bond motifs is 1. The second kappa shape index (κ2) is 8.34. The van der Waals surface area contributed by atoms with Gasteiger partial charge >= 0.3 is 0 Å². The Kier molecular flexibility index (Phi) is 5.93. The van der Waals surface area contributed by atoms with E-state index < -0.39 is 17.9 Å². The highest BCUT2D eigenvalue weighted by Crippen LogP contribution is 2.48. The Morgan fingerprint density at radius 2 is 1.55 bits per heavy atom. The van der Waals surface area contributed by atoms with Crippen molar-refractivity contribution in [3.8, 4) is 0 Å². The molecule has 7 heteroatoms. The predicted octanol–water partition coefficient (Wildman–Crippen LogP) is 3.63. The second-order valence-corrected chi connectivity index (χ2v) is 9.20. The third-order valence-corrected chi connectivity index (χ3v) is 7.11. The van der Waals surface area contributed by atoms with Gasteiger partial charge in [0.15, 0.2) is 24.2 Å². The lowest BCUT2D eigenvalue weighted by atomic mass is 9.94. The van der Waals surface area contributed by atoms with Crippen molar-refractivity contribution in [2.24, 2.45) is 0 Å². The van der Waals surface area contributed by atoms with Gasteiger partial charge in [-0.1, -0.05) is 12.8 Å². The minimum atomic E-state index is -0.507. The molecular weight excluding hydrogens is 376 g/mol. The van der Waals surface area contributed by atoms with E-state index in [1.807, 2.05) is 13.8 Å². The van der Waals surface area contributed by atoms with Gasteiger partial charge in [0.1, 0.15) is 24.4 Å². The van der Waals surface area contributed by atoms with E-state index in [0.29, 0.717) is 13.2 Å². The van der Waals surface area contributed by atoms with Crippen molar-refractivity contribution in [1.82, 2.24) is 0 Å². The van der Waals surface area contributed by atoms with E-state index >= 15 is 0 Å². The molecule has 5 aliphatic rings. The van der Waals surface area contributed by atoms with Gasteiger partial charge < -0.3 is 33.2 Å². The Bertz CT molecular complexity index is 557. The molecule has 7 nitrogen and oxygen atoms in total. The fourth-order valence-electron chi connectivity index (χ4n) is 5.72. The molecule has 3 heterocycles. The summed E-state index contributed by atoms with van der Waals surface area (Å²) in [7, 11) is 0. The molecule has 5 rings (SSSR count). The summed E-state index contributed by atoms with van der Waals surface area (Å²) in [6, 6.07) is 0. The summed E-state index contributed by atoms with van der Waals surface area (Å²) in [5.74, 6) is -0.945. The minimum absolute atomic E-state index is 0.174. The zero-order valence-electron chi connectivity index (χ0n) is 17.8. The van der Waals surface area contributed by atoms with Crippen molar-refractivity contribution < 1.29 is 33.2 Å². The first kappa shape index (κ1) is 20.6. The molecule has 29 heavy (non-hydrogen) atoms. The normalized spacial score (nSPS) is 41.8. The highest BCUT2D eigenvalue weighted by atomic mass is 16.9. The zero-order valence-corrected chi connectivity index (χ0v) is 17.8. The van der Waals surface area contributed by atoms with Crippen LogP contribution in [-0.2, 0) is 33.2 Å². The van der Waals surface area contributed by atoms with Gasteiger partial charge in [0, 0.05) is 32.3 Å². The molecule has 2 spiro atoms. The van der Waals surface area contributed by atoms with Crippen molar-refractivity contribution in [3.63, 3.8) is 0 Å². The van der Waals surface area contributed by atoms with Gasteiger partial charge in [-0.2, -0.15) is 0 Å². The van der Waals surface area contributed by atoms with Crippen LogP contribution < -0.4 is 0 Å². The average molecular weight is 413 g/mol. The third-order valence-electron chi connectivity index (χ3n) is 7.11. The van der Waals surface area contributed by atoms with Crippen LogP contribution >= 0.6 is 0 Å². The van der Waals surface area contributed by atoms with E-state index in [2.05, 4.69) is 0 Å². The first-order valence-corrected chi connectivity index (χ1v) is 11.7. The van der Waals surface area contributed by atoms with Gasteiger partial charge in [-0.25, -0.2) is 0 Å². The van der Waals surface area contributed by atoms with Crippen LogP contribution in [0.15, 0.2) is 0 Å². The molecule has 6 atom stereocenters. The van der Waals surface area contributed by atoms with Gasteiger partial charge in [-0.05, 0) is 39.5 Å². The van der Waals surface area contributed by atoms with Crippen LogP contribution in [0.1, 0.15) is 78.1 Å². The minimum Gasteiger partial charge on any atom is -0.353 e. The Morgan fingerprint density at radius 3 is 2.24 bits per heavy atom. The molecule has 5 fully saturated rings. The fraction of sp³-hybridized carbons (Fsp3) is 1.00. The lowest BCUT2D eigenvalue weighted by Crippen LogP contribution is -2.47. The zero-order chi connectivity index (χ0) is 19.9. The summed E-state index contributed by atoms with van der Waals surface area (Å²) in [6.07, 6.45) is 9.06. The monoisotopic (exact) mass is 412 g/mol. The molecule has 0 aromatic carbocycles. The summed E-state index contributed by atoms with van der Waals surface area (Å²) in [6.45, 7) is 5.02. The molecule has 3 unspecified atom stereocenters. The highest BCUT2D eigenvalue weighted by Gasteiger charge is 2.62. The number of hydrogen-bond donors (Lipinski definition) is 0. The van der Waals surface area contributed by atoms with Crippen LogP contribution in [0.4, 0.5) is 0 Å². The summed E-state index contributed by atoms with van der Waals surface area (Å²) in [4.78, 5) is 0. The lowest BCUT2D eigenvalue weighted by Gasteiger charge is -2.36. The number of rotatable bonds is 5. The maximum atomic E-state index is 6.51. The Hall–Kier alpha value is -0.280. The van der Waals surface area contributed by atoms with Crippen LogP contribution in [0, 0.1) is 0 Å². The first-order chi connectivity index (χ1) is 14.1. The standard InChI is InChI=1S/C22H36O7/c1-3-23-15(2)25-18-17(16-14-24-21(27-16)10-6-4-7-11-21)26-20-19(18)28-22(29-20)12-8-5-9-13-22/h15-20H,3-14H2,1-2H3/t15?,16?,17-,18+,19-,20?/m1/s1. The summed E-state index contributed by atoms with van der Waals surface area (Å²) in [5.41, 5.74) is 0. The first-order valence-electron chi connectivity index (χ1n) is 11.7. The highest BCUT2D eigenvalue weighted by molar-refractivity contribution is 5.01. The van der Waals surface area contributed by atoms with Crippen LogP contribution in [-0.4, -0.2) is 61.8 Å². The Labute approximate surface area is 173 Å². The number of hydrogen-bond acceptors (Lipinski definition) is 7. The van der Waals surface area contributed by atoms with Gasteiger partial charge in [-0.15, -0.1) is 0 Å². The van der Waals surface area contributed by atoms with E-state index in [0.717, 1.165) is 51.4 Å². The molecular formula is C22H36O7. The summed E-state index contributed by atoms with van der Waals surface area (Å²) >= 11 is 0. The molecule has 3 aliphatic heterocycles. The quantitative estimate of drug-likeness (QED) is 0.639. The van der Waals surface area contributed by atoms with E-state index in [9.17, 15) is 0 Å². The van der Waals surface area contributed by atoms with Crippen LogP contribution in [0.3, 0.4) is 0 Å². The van der Waals surface area contributed by atoms with Gasteiger partial charge in [-0.3, -0.25) is 0 Å². The molecule has 2 saturated carbocycles. The third kappa shape index (κ3) is 4.00. The molecule has 2 aliphatic carbocycles. The molecule has 166 valence electrons. The number of ether oxygens (including phenoxy) is 7. The topological polar surface area (TPSA) is 64.6 Å². The molecule has 3 saturated heterocycles.